The zero-order valence-electron chi connectivity index (χ0n) is 18.7. The van der Waals surface area contributed by atoms with Gasteiger partial charge >= 0.3 is 0 Å². The van der Waals surface area contributed by atoms with Gasteiger partial charge in [0.05, 0.1) is 15.5 Å². The van der Waals surface area contributed by atoms with Crippen molar-refractivity contribution in [3.05, 3.63) is 65.2 Å². The number of nitrogens with zero attached hydrogens (tertiary/aromatic N) is 2. The van der Waals surface area contributed by atoms with Crippen LogP contribution in [0.25, 0.3) is 10.2 Å². The van der Waals surface area contributed by atoms with E-state index in [9.17, 15) is 9.59 Å². The van der Waals surface area contributed by atoms with Gasteiger partial charge in [-0.1, -0.05) is 44.7 Å². The summed E-state index contributed by atoms with van der Waals surface area (Å²) in [5, 5.41) is 7.87. The quantitative estimate of drug-likeness (QED) is 0.301. The number of carbonyl (C=O) groups excluding carboxylic acids is 2. The molecule has 0 saturated heterocycles. The highest BCUT2D eigenvalue weighted by molar-refractivity contribution is 8.02. The molecule has 0 radical (unpaired) electrons. The third-order valence-corrected chi connectivity index (χ3v) is 7.85. The molecule has 2 amide bonds. The average Bonchev–Trinajstić information content (AvgIpc) is 3.42. The molecule has 2 aromatic heterocycles. The molecule has 170 valence electrons. The largest absolute Gasteiger partial charge is 0.322 e. The van der Waals surface area contributed by atoms with Gasteiger partial charge in [0.25, 0.3) is 5.91 Å². The molecule has 0 bridgehead atoms. The zero-order chi connectivity index (χ0) is 23.6. The van der Waals surface area contributed by atoms with Crippen LogP contribution in [0.3, 0.4) is 0 Å². The topological polar surface area (TPSA) is 84.0 Å². The first-order valence-corrected chi connectivity index (χ1v) is 13.0. The maximum atomic E-state index is 12.7. The van der Waals surface area contributed by atoms with Crippen molar-refractivity contribution in [2.24, 2.45) is 0 Å². The Morgan fingerprint density at radius 1 is 1.06 bits per heavy atom. The monoisotopic (exact) mass is 496 g/mol. The lowest BCUT2D eigenvalue weighted by atomic mass is 9.87. The summed E-state index contributed by atoms with van der Waals surface area (Å²) in [5.41, 5.74) is 3.39. The van der Waals surface area contributed by atoms with Gasteiger partial charge in [-0.05, 0) is 48.2 Å². The minimum absolute atomic E-state index is 0.0426. The Labute approximate surface area is 204 Å². The summed E-state index contributed by atoms with van der Waals surface area (Å²) in [5.74, 6) is -0.263. The lowest BCUT2D eigenvalue weighted by Crippen LogP contribution is -2.22. The van der Waals surface area contributed by atoms with Gasteiger partial charge < -0.3 is 10.6 Å². The smallest absolute Gasteiger partial charge is 0.255 e. The van der Waals surface area contributed by atoms with E-state index >= 15 is 0 Å². The number of thioether (sulfide) groups is 1. The molecule has 0 unspecified atom stereocenters. The summed E-state index contributed by atoms with van der Waals surface area (Å²) in [6.07, 6.45) is 1.66. The number of nitrogens with one attached hydrogen (secondary N) is 2. The Morgan fingerprint density at radius 2 is 1.82 bits per heavy atom. The lowest BCUT2D eigenvalue weighted by Gasteiger charge is -2.19. The Balaban J connectivity index is 1.42. The minimum atomic E-state index is -0.315. The highest BCUT2D eigenvalue weighted by Crippen LogP contribution is 2.34. The van der Waals surface area contributed by atoms with Crippen LogP contribution in [0.15, 0.2) is 58.4 Å². The number of hydrogen-bond acceptors (Lipinski definition) is 7. The number of thiazole rings is 2. The second-order valence-corrected chi connectivity index (χ2v) is 12.0. The molecule has 2 heterocycles. The number of anilines is 2. The number of amides is 2. The van der Waals surface area contributed by atoms with E-state index in [-0.39, 0.29) is 22.5 Å². The maximum Gasteiger partial charge on any atom is 0.255 e. The highest BCUT2D eigenvalue weighted by atomic mass is 32.2. The fraction of sp³-hybridized carbons (Fsp3) is 0.250. The Kier molecular flexibility index (Phi) is 6.83. The van der Waals surface area contributed by atoms with Crippen molar-refractivity contribution in [2.75, 3.05) is 10.6 Å². The molecule has 2 N–H and O–H groups in total. The summed E-state index contributed by atoms with van der Waals surface area (Å²) in [6.45, 7) is 8.28. The number of hydrogen-bond donors (Lipinski definition) is 2. The first kappa shape index (κ1) is 23.4. The van der Waals surface area contributed by atoms with Gasteiger partial charge in [-0.15, -0.1) is 22.7 Å². The molecule has 4 aromatic rings. The van der Waals surface area contributed by atoms with E-state index in [1.807, 2.05) is 54.8 Å². The maximum absolute atomic E-state index is 12.7. The molecule has 0 aliphatic rings. The van der Waals surface area contributed by atoms with E-state index in [4.69, 9.17) is 0 Å². The molecule has 0 aliphatic carbocycles. The number of benzene rings is 2. The van der Waals surface area contributed by atoms with Crippen LogP contribution in [-0.2, 0) is 10.2 Å². The normalized spacial score (nSPS) is 12.5. The van der Waals surface area contributed by atoms with Gasteiger partial charge in [0.1, 0.15) is 0 Å². The van der Waals surface area contributed by atoms with Crippen molar-refractivity contribution in [2.45, 2.75) is 42.7 Å². The molecule has 2 aromatic carbocycles. The molecular weight excluding hydrogens is 472 g/mol. The van der Waals surface area contributed by atoms with E-state index in [0.29, 0.717) is 16.4 Å². The van der Waals surface area contributed by atoms with Crippen LogP contribution >= 0.6 is 34.4 Å². The number of aromatic nitrogens is 2. The zero-order valence-corrected chi connectivity index (χ0v) is 21.2. The van der Waals surface area contributed by atoms with Crippen molar-refractivity contribution < 1.29 is 9.59 Å². The molecule has 4 rings (SSSR count). The molecule has 0 spiro atoms. The third kappa shape index (κ3) is 5.79. The van der Waals surface area contributed by atoms with Crippen LogP contribution in [0, 0.1) is 0 Å². The minimum Gasteiger partial charge on any atom is -0.322 e. The standard InChI is InChI=1S/C24H24N4O2S3/c1-14(20(29)28-22-25-11-12-31-22)32-23-27-18-10-9-17(13-19(18)33-23)26-21(30)15-5-7-16(8-6-15)24(2,3)4/h5-14H,1-4H3,(H,26,30)(H,25,28,29)/t14-/m1/s1. The number of carbonyl (C=O) groups is 2. The third-order valence-electron chi connectivity index (χ3n) is 4.95. The van der Waals surface area contributed by atoms with E-state index < -0.39 is 0 Å². The van der Waals surface area contributed by atoms with Crippen LogP contribution < -0.4 is 10.6 Å². The van der Waals surface area contributed by atoms with Gasteiger partial charge in [-0.25, -0.2) is 9.97 Å². The SMILES string of the molecule is C[C@@H](Sc1nc2ccc(NC(=O)c3ccc(C(C)(C)C)cc3)cc2s1)C(=O)Nc1nccs1. The molecule has 33 heavy (non-hydrogen) atoms. The summed E-state index contributed by atoms with van der Waals surface area (Å²) >= 11 is 4.29. The van der Waals surface area contributed by atoms with Crippen molar-refractivity contribution >= 4 is 67.3 Å². The molecule has 9 heteroatoms. The molecule has 0 aliphatic heterocycles. The predicted molar refractivity (Wildman–Crippen MR) is 139 cm³/mol. The number of rotatable bonds is 6. The number of fused-ring (bicyclic) bond motifs is 1. The molecule has 6 nitrogen and oxygen atoms in total. The summed E-state index contributed by atoms with van der Waals surface area (Å²) < 4.78 is 1.75. The summed E-state index contributed by atoms with van der Waals surface area (Å²) in [6, 6.07) is 13.3. The van der Waals surface area contributed by atoms with Crippen molar-refractivity contribution in [3.63, 3.8) is 0 Å². The summed E-state index contributed by atoms with van der Waals surface area (Å²) in [4.78, 5) is 33.8. The molecule has 0 fully saturated rings. The fourth-order valence-corrected chi connectivity index (χ4v) is 5.84. The molecular formula is C24H24N4O2S3. The van der Waals surface area contributed by atoms with Crippen molar-refractivity contribution in [1.82, 2.24) is 9.97 Å². The van der Waals surface area contributed by atoms with Gasteiger partial charge in [-0.3, -0.25) is 9.59 Å². The lowest BCUT2D eigenvalue weighted by molar-refractivity contribution is -0.115. The Bertz CT molecular complexity index is 1280. The fourth-order valence-electron chi connectivity index (χ4n) is 3.05. The van der Waals surface area contributed by atoms with Crippen LogP contribution in [0.4, 0.5) is 10.8 Å². The van der Waals surface area contributed by atoms with Gasteiger partial charge in [0.2, 0.25) is 5.91 Å². The predicted octanol–water partition coefficient (Wildman–Crippen LogP) is 6.42. The van der Waals surface area contributed by atoms with Crippen molar-refractivity contribution in [1.29, 1.82) is 0 Å². The van der Waals surface area contributed by atoms with Crippen LogP contribution in [0.1, 0.15) is 43.6 Å². The van der Waals surface area contributed by atoms with E-state index in [1.165, 1.54) is 40.0 Å². The average molecular weight is 497 g/mol. The second-order valence-electron chi connectivity index (χ2n) is 8.53. The van der Waals surface area contributed by atoms with Crippen molar-refractivity contribution in [3.8, 4) is 0 Å². The van der Waals surface area contributed by atoms with Gasteiger partial charge in [0, 0.05) is 22.8 Å². The summed E-state index contributed by atoms with van der Waals surface area (Å²) in [7, 11) is 0. The van der Waals surface area contributed by atoms with E-state index in [2.05, 4.69) is 41.4 Å². The first-order chi connectivity index (χ1) is 15.7. The van der Waals surface area contributed by atoms with Crippen LogP contribution in [0.5, 0.6) is 0 Å². The van der Waals surface area contributed by atoms with Gasteiger partial charge in [0.15, 0.2) is 9.47 Å². The van der Waals surface area contributed by atoms with E-state index in [0.717, 1.165) is 14.6 Å². The molecule has 1 atom stereocenters. The highest BCUT2D eigenvalue weighted by Gasteiger charge is 2.18. The van der Waals surface area contributed by atoms with E-state index in [1.54, 1.807) is 6.20 Å². The molecule has 0 saturated carbocycles. The second kappa shape index (κ2) is 9.62. The Morgan fingerprint density at radius 3 is 2.48 bits per heavy atom. The Hall–Kier alpha value is -2.75. The van der Waals surface area contributed by atoms with Crippen LogP contribution in [0.2, 0.25) is 0 Å². The van der Waals surface area contributed by atoms with Gasteiger partial charge in [-0.2, -0.15) is 0 Å². The van der Waals surface area contributed by atoms with Crippen LogP contribution in [-0.4, -0.2) is 27.0 Å². The first-order valence-electron chi connectivity index (χ1n) is 10.4.